The average molecular weight is 191 g/mol. The summed E-state index contributed by atoms with van der Waals surface area (Å²) in [6.45, 7) is 2.30. The van der Waals surface area contributed by atoms with Gasteiger partial charge in [0.05, 0.1) is 0 Å². The maximum absolute atomic E-state index is 12.7. The van der Waals surface area contributed by atoms with Gasteiger partial charge in [0.1, 0.15) is 5.82 Å². The molecule has 74 valence electrons. The molecular formula is C12H14FN. The lowest BCUT2D eigenvalue weighted by Gasteiger charge is -2.06. The average Bonchev–Trinajstić information content (AvgIpc) is 2.68. The lowest BCUT2D eigenvalue weighted by molar-refractivity contribution is 0.548. The molecule has 0 bridgehead atoms. The molecule has 1 aliphatic heterocycles. The van der Waals surface area contributed by atoms with Crippen molar-refractivity contribution >= 4 is 0 Å². The summed E-state index contributed by atoms with van der Waals surface area (Å²) in [6.07, 6.45) is 2.57. The maximum Gasteiger partial charge on any atom is 0.123 e. The minimum Gasteiger partial charge on any atom is -0.316 e. The monoisotopic (exact) mass is 191 g/mol. The summed E-state index contributed by atoms with van der Waals surface area (Å²) in [5.74, 6) is 0.547. The quantitative estimate of drug-likeness (QED) is 0.718. The molecule has 2 fully saturated rings. The van der Waals surface area contributed by atoms with Crippen molar-refractivity contribution in [2.45, 2.75) is 18.8 Å². The second kappa shape index (κ2) is 2.80. The maximum atomic E-state index is 12.7. The van der Waals surface area contributed by atoms with Crippen molar-refractivity contribution in [3.05, 3.63) is 35.6 Å². The number of halogens is 1. The van der Waals surface area contributed by atoms with Crippen LogP contribution in [0.2, 0.25) is 0 Å². The molecule has 1 saturated heterocycles. The minimum absolute atomic E-state index is 0.131. The Kier molecular flexibility index (Phi) is 1.68. The van der Waals surface area contributed by atoms with Crippen LogP contribution in [0.25, 0.3) is 0 Å². The van der Waals surface area contributed by atoms with Gasteiger partial charge < -0.3 is 5.32 Å². The van der Waals surface area contributed by atoms with Crippen molar-refractivity contribution in [3.8, 4) is 0 Å². The first-order valence-electron chi connectivity index (χ1n) is 5.26. The van der Waals surface area contributed by atoms with E-state index in [9.17, 15) is 4.39 Å². The van der Waals surface area contributed by atoms with Crippen LogP contribution in [0.1, 0.15) is 24.3 Å². The number of rotatable bonds is 1. The van der Waals surface area contributed by atoms with Gasteiger partial charge in [-0.2, -0.15) is 0 Å². The third-order valence-corrected chi connectivity index (χ3v) is 3.74. The van der Waals surface area contributed by atoms with Crippen molar-refractivity contribution in [3.63, 3.8) is 0 Å². The van der Waals surface area contributed by atoms with Gasteiger partial charge in [-0.25, -0.2) is 4.39 Å². The molecule has 1 aliphatic carbocycles. The van der Waals surface area contributed by atoms with Gasteiger partial charge in [-0.15, -0.1) is 0 Å². The normalized spacial score (nSPS) is 35.1. The largest absolute Gasteiger partial charge is 0.316 e. The molecule has 1 unspecified atom stereocenters. The SMILES string of the molecule is Fc1ccc([C@H]2CC23CCNC3)cc1. The second-order valence-electron chi connectivity index (χ2n) is 4.60. The lowest BCUT2D eigenvalue weighted by Crippen LogP contribution is -2.10. The molecule has 0 radical (unpaired) electrons. The zero-order chi connectivity index (χ0) is 9.60. The van der Waals surface area contributed by atoms with E-state index in [4.69, 9.17) is 0 Å². The summed E-state index contributed by atoms with van der Waals surface area (Å²) < 4.78 is 12.7. The smallest absolute Gasteiger partial charge is 0.123 e. The molecule has 2 atom stereocenters. The predicted octanol–water partition coefficient (Wildman–Crippen LogP) is 2.29. The van der Waals surface area contributed by atoms with E-state index in [0.717, 1.165) is 13.1 Å². The first-order valence-corrected chi connectivity index (χ1v) is 5.26. The summed E-state index contributed by atoms with van der Waals surface area (Å²) in [4.78, 5) is 0. The van der Waals surface area contributed by atoms with Crippen LogP contribution >= 0.6 is 0 Å². The predicted molar refractivity (Wildman–Crippen MR) is 53.7 cm³/mol. The molecular weight excluding hydrogens is 177 g/mol. The van der Waals surface area contributed by atoms with Crippen LogP contribution in [0.15, 0.2) is 24.3 Å². The van der Waals surface area contributed by atoms with E-state index in [1.165, 1.54) is 18.4 Å². The van der Waals surface area contributed by atoms with Gasteiger partial charge in [0.25, 0.3) is 0 Å². The van der Waals surface area contributed by atoms with E-state index >= 15 is 0 Å². The van der Waals surface area contributed by atoms with Crippen molar-refractivity contribution in [1.29, 1.82) is 0 Å². The Labute approximate surface area is 83.3 Å². The Balaban J connectivity index is 1.82. The van der Waals surface area contributed by atoms with Crippen LogP contribution in [0.3, 0.4) is 0 Å². The Bertz CT molecular complexity index is 338. The van der Waals surface area contributed by atoms with Gasteiger partial charge in [-0.3, -0.25) is 0 Å². The molecule has 1 aromatic carbocycles. The molecule has 1 aromatic rings. The number of benzene rings is 1. The molecule has 3 rings (SSSR count). The second-order valence-corrected chi connectivity index (χ2v) is 4.60. The van der Waals surface area contributed by atoms with Gasteiger partial charge in [0.2, 0.25) is 0 Å². The fourth-order valence-corrected chi connectivity index (χ4v) is 2.75. The van der Waals surface area contributed by atoms with Gasteiger partial charge in [0, 0.05) is 6.54 Å². The summed E-state index contributed by atoms with van der Waals surface area (Å²) in [5.41, 5.74) is 1.84. The summed E-state index contributed by atoms with van der Waals surface area (Å²) in [5, 5.41) is 3.41. The molecule has 1 heterocycles. The fourth-order valence-electron chi connectivity index (χ4n) is 2.75. The number of nitrogens with one attached hydrogen (secondary N) is 1. The molecule has 14 heavy (non-hydrogen) atoms. The van der Waals surface area contributed by atoms with Crippen molar-refractivity contribution in [1.82, 2.24) is 5.32 Å². The van der Waals surface area contributed by atoms with E-state index < -0.39 is 0 Å². The number of hydrogen-bond acceptors (Lipinski definition) is 1. The number of hydrogen-bond donors (Lipinski definition) is 1. The van der Waals surface area contributed by atoms with E-state index in [0.29, 0.717) is 11.3 Å². The summed E-state index contributed by atoms with van der Waals surface area (Å²) in [7, 11) is 0. The van der Waals surface area contributed by atoms with Crippen LogP contribution < -0.4 is 5.32 Å². The van der Waals surface area contributed by atoms with Crippen molar-refractivity contribution in [2.75, 3.05) is 13.1 Å². The molecule has 1 N–H and O–H groups in total. The summed E-state index contributed by atoms with van der Waals surface area (Å²) >= 11 is 0. The fraction of sp³-hybridized carbons (Fsp3) is 0.500. The zero-order valence-corrected chi connectivity index (χ0v) is 8.09. The first-order chi connectivity index (χ1) is 6.80. The molecule has 1 spiro atoms. The van der Waals surface area contributed by atoms with Gasteiger partial charge >= 0.3 is 0 Å². The van der Waals surface area contributed by atoms with Crippen LogP contribution in [0, 0.1) is 11.2 Å². The molecule has 0 amide bonds. The first kappa shape index (κ1) is 8.42. The highest BCUT2D eigenvalue weighted by Gasteiger charge is 2.55. The molecule has 2 aliphatic rings. The third-order valence-electron chi connectivity index (χ3n) is 3.74. The lowest BCUT2D eigenvalue weighted by atomic mass is 9.98. The Morgan fingerprint density at radius 1 is 1.29 bits per heavy atom. The molecule has 2 heteroatoms. The zero-order valence-electron chi connectivity index (χ0n) is 8.09. The van der Waals surface area contributed by atoms with Gasteiger partial charge in [-0.1, -0.05) is 12.1 Å². The van der Waals surface area contributed by atoms with E-state index in [1.54, 1.807) is 12.1 Å². The Hall–Kier alpha value is -0.890. The molecule has 0 aromatic heterocycles. The minimum atomic E-state index is -0.131. The highest BCUT2D eigenvalue weighted by Crippen LogP contribution is 2.62. The Morgan fingerprint density at radius 2 is 2.07 bits per heavy atom. The van der Waals surface area contributed by atoms with Crippen LogP contribution in [-0.2, 0) is 0 Å². The van der Waals surface area contributed by atoms with E-state index in [2.05, 4.69) is 5.32 Å². The van der Waals surface area contributed by atoms with Crippen molar-refractivity contribution in [2.24, 2.45) is 5.41 Å². The van der Waals surface area contributed by atoms with Crippen LogP contribution in [0.4, 0.5) is 4.39 Å². The van der Waals surface area contributed by atoms with Crippen LogP contribution in [-0.4, -0.2) is 13.1 Å². The van der Waals surface area contributed by atoms with E-state index in [-0.39, 0.29) is 5.82 Å². The summed E-state index contributed by atoms with van der Waals surface area (Å²) in [6, 6.07) is 7.02. The van der Waals surface area contributed by atoms with Crippen molar-refractivity contribution < 1.29 is 4.39 Å². The highest BCUT2D eigenvalue weighted by atomic mass is 19.1. The molecule has 1 saturated carbocycles. The Morgan fingerprint density at radius 3 is 2.71 bits per heavy atom. The highest BCUT2D eigenvalue weighted by molar-refractivity contribution is 5.31. The van der Waals surface area contributed by atoms with Crippen LogP contribution in [0.5, 0.6) is 0 Å². The topological polar surface area (TPSA) is 12.0 Å². The third kappa shape index (κ3) is 1.17. The van der Waals surface area contributed by atoms with Gasteiger partial charge in [0.15, 0.2) is 0 Å². The van der Waals surface area contributed by atoms with Gasteiger partial charge in [-0.05, 0) is 48.4 Å². The standard InChI is InChI=1S/C12H14FN/c13-10-3-1-9(2-4-10)11-7-12(11)5-6-14-8-12/h1-4,11,14H,5-8H2/t11-,12?/m1/s1. The molecule has 1 nitrogen and oxygen atoms in total. The van der Waals surface area contributed by atoms with E-state index in [1.807, 2.05) is 12.1 Å².